The highest BCUT2D eigenvalue weighted by atomic mass is 16.5. The van der Waals surface area contributed by atoms with E-state index in [0.717, 1.165) is 0 Å². The molecule has 0 bridgehead atoms. The van der Waals surface area contributed by atoms with Gasteiger partial charge in [-0.05, 0) is 12.1 Å². The summed E-state index contributed by atoms with van der Waals surface area (Å²) < 4.78 is 9.85. The van der Waals surface area contributed by atoms with Gasteiger partial charge in [0, 0.05) is 7.11 Å². The third-order valence-corrected chi connectivity index (χ3v) is 2.48. The molecule has 21 heavy (non-hydrogen) atoms. The number of nitrogens with one attached hydrogen (secondary N) is 1. The molecule has 114 valence electrons. The molecule has 1 rings (SSSR count). The van der Waals surface area contributed by atoms with Crippen molar-refractivity contribution >= 4 is 17.8 Å². The van der Waals surface area contributed by atoms with Crippen LogP contribution in [-0.2, 0) is 14.3 Å². The zero-order valence-electron chi connectivity index (χ0n) is 11.4. The Kier molecular flexibility index (Phi) is 6.15. The summed E-state index contributed by atoms with van der Waals surface area (Å²) in [6.45, 7) is -0.614. The molecule has 4 N–H and O–H groups in total. The van der Waals surface area contributed by atoms with Crippen molar-refractivity contribution in [3.05, 3.63) is 29.8 Å². The highest BCUT2D eigenvalue weighted by molar-refractivity contribution is 5.95. The minimum Gasteiger partial charge on any atom is -0.483 e. The van der Waals surface area contributed by atoms with Crippen LogP contribution < -0.4 is 15.8 Å². The average Bonchev–Trinajstić information content (AvgIpc) is 2.44. The first-order chi connectivity index (χ1) is 9.95. The predicted octanol–water partition coefficient (Wildman–Crippen LogP) is -0.620. The molecule has 8 nitrogen and oxygen atoms in total. The highest BCUT2D eigenvalue weighted by Gasteiger charge is 2.20. The van der Waals surface area contributed by atoms with Crippen LogP contribution in [0.15, 0.2) is 24.3 Å². The second-order valence-electron chi connectivity index (χ2n) is 4.06. The van der Waals surface area contributed by atoms with E-state index in [1.54, 1.807) is 12.1 Å². The van der Waals surface area contributed by atoms with Crippen LogP contribution in [0.5, 0.6) is 5.75 Å². The topological polar surface area (TPSA) is 128 Å². The lowest BCUT2D eigenvalue weighted by molar-refractivity contribution is -0.143. The highest BCUT2D eigenvalue weighted by Crippen LogP contribution is 2.16. The van der Waals surface area contributed by atoms with Gasteiger partial charge >= 0.3 is 5.97 Å². The third kappa shape index (κ3) is 5.11. The number of hydrogen-bond acceptors (Lipinski definition) is 5. The summed E-state index contributed by atoms with van der Waals surface area (Å²) in [6.07, 6.45) is 0. The van der Waals surface area contributed by atoms with Crippen LogP contribution in [0.25, 0.3) is 0 Å². The largest absolute Gasteiger partial charge is 0.483 e. The van der Waals surface area contributed by atoms with Crippen molar-refractivity contribution in [1.82, 2.24) is 5.32 Å². The zero-order chi connectivity index (χ0) is 15.8. The van der Waals surface area contributed by atoms with Gasteiger partial charge in [-0.3, -0.25) is 9.59 Å². The lowest BCUT2D eigenvalue weighted by Crippen LogP contribution is -2.45. The fourth-order valence-corrected chi connectivity index (χ4v) is 1.52. The Labute approximate surface area is 120 Å². The van der Waals surface area contributed by atoms with Gasteiger partial charge in [-0.2, -0.15) is 0 Å². The maximum absolute atomic E-state index is 11.6. The molecule has 1 aromatic carbocycles. The van der Waals surface area contributed by atoms with E-state index in [1.807, 2.05) is 0 Å². The van der Waals surface area contributed by atoms with Gasteiger partial charge in [0.25, 0.3) is 11.8 Å². The number of methoxy groups -OCH3 is 1. The first-order valence-electron chi connectivity index (χ1n) is 5.98. The quantitative estimate of drug-likeness (QED) is 0.586. The maximum atomic E-state index is 11.6. The van der Waals surface area contributed by atoms with E-state index < -0.39 is 30.4 Å². The lowest BCUT2D eigenvalue weighted by atomic mass is 10.2. The van der Waals surface area contributed by atoms with Crippen molar-refractivity contribution in [2.75, 3.05) is 20.3 Å². The molecule has 0 radical (unpaired) electrons. The Morgan fingerprint density at radius 2 is 2.00 bits per heavy atom. The van der Waals surface area contributed by atoms with Gasteiger partial charge in [-0.1, -0.05) is 12.1 Å². The van der Waals surface area contributed by atoms with E-state index in [-0.39, 0.29) is 17.9 Å². The summed E-state index contributed by atoms with van der Waals surface area (Å²) >= 11 is 0. The van der Waals surface area contributed by atoms with Crippen molar-refractivity contribution in [3.8, 4) is 5.75 Å². The predicted molar refractivity (Wildman–Crippen MR) is 71.9 cm³/mol. The van der Waals surface area contributed by atoms with Crippen molar-refractivity contribution in [1.29, 1.82) is 0 Å². The summed E-state index contributed by atoms with van der Waals surface area (Å²) in [5.41, 5.74) is 5.30. The molecular formula is C13H16N2O6. The van der Waals surface area contributed by atoms with E-state index >= 15 is 0 Å². The Morgan fingerprint density at radius 1 is 1.33 bits per heavy atom. The maximum Gasteiger partial charge on any atom is 0.328 e. The van der Waals surface area contributed by atoms with Crippen molar-refractivity contribution in [2.24, 2.45) is 5.73 Å². The summed E-state index contributed by atoms with van der Waals surface area (Å²) in [4.78, 5) is 33.6. The first kappa shape index (κ1) is 16.4. The molecule has 1 atom stereocenters. The molecule has 8 heteroatoms. The summed E-state index contributed by atoms with van der Waals surface area (Å²) in [5, 5.41) is 11.1. The van der Waals surface area contributed by atoms with Gasteiger partial charge < -0.3 is 25.6 Å². The van der Waals surface area contributed by atoms with E-state index in [0.29, 0.717) is 0 Å². The molecule has 0 saturated heterocycles. The van der Waals surface area contributed by atoms with Gasteiger partial charge in [-0.15, -0.1) is 0 Å². The standard InChI is InChI=1S/C13H16N2O6/c1-20-6-9(13(18)19)15-11(16)7-21-10-5-3-2-4-8(10)12(14)17/h2-5,9H,6-7H2,1H3,(H2,14,17)(H,15,16)(H,18,19). The molecule has 0 aliphatic carbocycles. The smallest absolute Gasteiger partial charge is 0.328 e. The number of aliphatic carboxylic acids is 1. The first-order valence-corrected chi connectivity index (χ1v) is 5.98. The molecule has 0 aromatic heterocycles. The molecular weight excluding hydrogens is 280 g/mol. The van der Waals surface area contributed by atoms with Gasteiger partial charge in [-0.25, -0.2) is 4.79 Å². The minimum absolute atomic E-state index is 0.136. The second kappa shape index (κ2) is 7.85. The molecule has 1 aromatic rings. The number of benzene rings is 1. The van der Waals surface area contributed by atoms with Crippen LogP contribution >= 0.6 is 0 Å². The SMILES string of the molecule is COCC(NC(=O)COc1ccccc1C(N)=O)C(=O)O. The van der Waals surface area contributed by atoms with Crippen molar-refractivity contribution in [3.63, 3.8) is 0 Å². The van der Waals surface area contributed by atoms with E-state index in [2.05, 4.69) is 10.1 Å². The number of rotatable bonds is 8. The number of carboxylic acids is 1. The second-order valence-corrected chi connectivity index (χ2v) is 4.06. The number of carbonyl (C=O) groups excluding carboxylic acids is 2. The molecule has 2 amide bonds. The number of nitrogens with two attached hydrogens (primary N) is 1. The molecule has 0 spiro atoms. The number of carboxylic acid groups (broad SMARTS) is 1. The number of primary amides is 1. The van der Waals surface area contributed by atoms with Gasteiger partial charge in [0.15, 0.2) is 12.6 Å². The molecule has 0 heterocycles. The normalized spacial score (nSPS) is 11.5. The molecule has 0 fully saturated rings. The van der Waals surface area contributed by atoms with E-state index in [4.69, 9.17) is 15.6 Å². The van der Waals surface area contributed by atoms with E-state index in [9.17, 15) is 14.4 Å². The molecule has 1 unspecified atom stereocenters. The van der Waals surface area contributed by atoms with Gasteiger partial charge in [0.1, 0.15) is 5.75 Å². The third-order valence-electron chi connectivity index (χ3n) is 2.48. The summed E-state index contributed by atoms with van der Waals surface area (Å²) in [5.74, 6) is -2.41. The van der Waals surface area contributed by atoms with Crippen molar-refractivity contribution < 1.29 is 29.0 Å². The fourth-order valence-electron chi connectivity index (χ4n) is 1.52. The minimum atomic E-state index is -1.22. The van der Waals surface area contributed by atoms with Crippen molar-refractivity contribution in [2.45, 2.75) is 6.04 Å². The van der Waals surface area contributed by atoms with Gasteiger partial charge in [0.05, 0.1) is 12.2 Å². The zero-order valence-corrected chi connectivity index (χ0v) is 11.4. The van der Waals surface area contributed by atoms with Crippen LogP contribution in [0.4, 0.5) is 0 Å². The summed E-state index contributed by atoms with van der Waals surface area (Å²) in [7, 11) is 1.32. The Bertz CT molecular complexity index is 531. The van der Waals surface area contributed by atoms with Gasteiger partial charge in [0.2, 0.25) is 0 Å². The van der Waals surface area contributed by atoms with Crippen LogP contribution in [0, 0.1) is 0 Å². The van der Waals surface area contributed by atoms with E-state index in [1.165, 1.54) is 19.2 Å². The number of ether oxygens (including phenoxy) is 2. The monoisotopic (exact) mass is 296 g/mol. The number of para-hydroxylation sites is 1. The number of amides is 2. The Balaban J connectivity index is 2.61. The summed E-state index contributed by atoms with van der Waals surface area (Å²) in [6, 6.07) is 4.99. The lowest BCUT2D eigenvalue weighted by Gasteiger charge is -2.14. The number of carbonyl (C=O) groups is 3. The van der Waals surface area contributed by atoms with Crippen LogP contribution in [0.1, 0.15) is 10.4 Å². The molecule has 0 aliphatic heterocycles. The van der Waals surface area contributed by atoms with Crippen LogP contribution in [0.2, 0.25) is 0 Å². The van der Waals surface area contributed by atoms with Crippen LogP contribution in [-0.4, -0.2) is 49.3 Å². The Hall–Kier alpha value is -2.61. The van der Waals surface area contributed by atoms with Crippen LogP contribution in [0.3, 0.4) is 0 Å². The number of hydrogen-bond donors (Lipinski definition) is 3. The molecule has 0 aliphatic rings. The fraction of sp³-hybridized carbons (Fsp3) is 0.308. The Morgan fingerprint density at radius 3 is 2.57 bits per heavy atom. The molecule has 0 saturated carbocycles. The average molecular weight is 296 g/mol.